The molecule has 0 radical (unpaired) electrons. The van der Waals surface area contributed by atoms with Crippen molar-refractivity contribution in [3.63, 3.8) is 0 Å². The minimum Gasteiger partial charge on any atom is -0.353 e. The summed E-state index contributed by atoms with van der Waals surface area (Å²) >= 11 is 6.09. The number of halogens is 2. The quantitative estimate of drug-likeness (QED) is 0.563. The first kappa shape index (κ1) is 19.9. The number of nitrogens with zero attached hydrogens (tertiary/aromatic N) is 5. The SMILES string of the molecule is Cc1cn(CCCCNc2nc3n(n2)CCCC[C@@H]3c2cc(F)cc(Cl)c2)cn1. The molecule has 1 aliphatic rings. The van der Waals surface area contributed by atoms with E-state index in [-0.39, 0.29) is 11.7 Å². The molecule has 1 aromatic carbocycles. The van der Waals surface area contributed by atoms with E-state index in [1.165, 1.54) is 6.07 Å². The number of unbranched alkanes of at least 4 members (excludes halogenated alkanes) is 1. The Morgan fingerprint density at radius 3 is 2.93 bits per heavy atom. The van der Waals surface area contributed by atoms with Crippen LogP contribution in [0.5, 0.6) is 0 Å². The molecule has 8 heteroatoms. The third-order valence-corrected chi connectivity index (χ3v) is 5.52. The van der Waals surface area contributed by atoms with Gasteiger partial charge in [-0.3, -0.25) is 0 Å². The van der Waals surface area contributed by atoms with Crippen molar-refractivity contribution in [3.8, 4) is 0 Å². The zero-order valence-electron chi connectivity index (χ0n) is 16.6. The molecule has 154 valence electrons. The maximum atomic E-state index is 13.9. The van der Waals surface area contributed by atoms with Crippen molar-refractivity contribution < 1.29 is 4.39 Å². The van der Waals surface area contributed by atoms with E-state index in [0.29, 0.717) is 11.0 Å². The fourth-order valence-corrected chi connectivity index (χ4v) is 4.13. The molecule has 4 rings (SSSR count). The molecule has 0 saturated heterocycles. The maximum absolute atomic E-state index is 13.9. The van der Waals surface area contributed by atoms with Crippen molar-refractivity contribution in [1.29, 1.82) is 0 Å². The second-order valence-electron chi connectivity index (χ2n) is 7.65. The number of nitrogens with one attached hydrogen (secondary N) is 1. The highest BCUT2D eigenvalue weighted by Crippen LogP contribution is 2.33. The average Bonchev–Trinajstić information content (AvgIpc) is 3.21. The minimum atomic E-state index is -0.311. The van der Waals surface area contributed by atoms with Crippen LogP contribution in [0.1, 0.15) is 55.1 Å². The van der Waals surface area contributed by atoms with Gasteiger partial charge in [0.1, 0.15) is 11.6 Å². The van der Waals surface area contributed by atoms with Crippen molar-refractivity contribution in [3.05, 3.63) is 58.6 Å². The summed E-state index contributed by atoms with van der Waals surface area (Å²) < 4.78 is 18.0. The Labute approximate surface area is 175 Å². The molecule has 2 aromatic heterocycles. The Bertz CT molecular complexity index is 946. The van der Waals surface area contributed by atoms with E-state index in [9.17, 15) is 4.39 Å². The number of anilines is 1. The molecule has 0 bridgehead atoms. The first-order valence-corrected chi connectivity index (χ1v) is 10.6. The predicted octanol–water partition coefficient (Wildman–Crippen LogP) is 4.78. The summed E-state index contributed by atoms with van der Waals surface area (Å²) in [6.45, 7) is 4.60. The minimum absolute atomic E-state index is 0.0123. The molecule has 29 heavy (non-hydrogen) atoms. The highest BCUT2D eigenvalue weighted by molar-refractivity contribution is 6.30. The Kier molecular flexibility index (Phi) is 6.13. The molecule has 0 unspecified atom stereocenters. The van der Waals surface area contributed by atoms with Crippen LogP contribution in [-0.2, 0) is 13.1 Å². The molecule has 1 aliphatic heterocycles. The van der Waals surface area contributed by atoms with Crippen LogP contribution >= 0.6 is 11.6 Å². The van der Waals surface area contributed by atoms with Gasteiger partial charge in [0.05, 0.1) is 12.0 Å². The third-order valence-electron chi connectivity index (χ3n) is 5.30. The van der Waals surface area contributed by atoms with Crippen molar-refractivity contribution in [2.24, 2.45) is 0 Å². The zero-order chi connectivity index (χ0) is 20.2. The first-order valence-electron chi connectivity index (χ1n) is 10.2. The zero-order valence-corrected chi connectivity index (χ0v) is 17.4. The number of imidazole rings is 1. The molecule has 6 nitrogen and oxygen atoms in total. The van der Waals surface area contributed by atoms with Gasteiger partial charge in [0.15, 0.2) is 0 Å². The molecule has 3 aromatic rings. The van der Waals surface area contributed by atoms with Crippen LogP contribution in [0.4, 0.5) is 10.3 Å². The summed E-state index contributed by atoms with van der Waals surface area (Å²) in [5.41, 5.74) is 1.91. The standard InChI is InChI=1S/C21H26ClFN6/c1-15-13-28(14-25-15)8-5-3-7-24-21-26-20-19(6-2-4-9-29(20)27-21)16-10-17(22)12-18(23)11-16/h10-14,19H,2-9H2,1H3,(H,24,27)/t19-/m1/s1. The molecular formula is C21H26ClFN6. The van der Waals surface area contributed by atoms with Gasteiger partial charge in [-0.2, -0.15) is 4.98 Å². The third kappa shape index (κ3) is 4.96. The van der Waals surface area contributed by atoms with Crippen molar-refractivity contribution >= 4 is 17.5 Å². The molecular weight excluding hydrogens is 391 g/mol. The number of hydrogen-bond acceptors (Lipinski definition) is 4. The summed E-state index contributed by atoms with van der Waals surface area (Å²) in [5.74, 6) is 1.24. The van der Waals surface area contributed by atoms with Gasteiger partial charge in [-0.05, 0) is 56.4 Å². The lowest BCUT2D eigenvalue weighted by molar-refractivity contribution is 0.574. The largest absolute Gasteiger partial charge is 0.353 e. The second-order valence-corrected chi connectivity index (χ2v) is 8.09. The van der Waals surface area contributed by atoms with Crippen molar-refractivity contribution in [1.82, 2.24) is 24.3 Å². The van der Waals surface area contributed by atoms with Gasteiger partial charge >= 0.3 is 0 Å². The number of hydrogen-bond donors (Lipinski definition) is 1. The number of fused-ring (bicyclic) bond motifs is 1. The summed E-state index contributed by atoms with van der Waals surface area (Å²) in [4.78, 5) is 8.99. The average molecular weight is 417 g/mol. The van der Waals surface area contributed by atoms with Crippen LogP contribution < -0.4 is 5.32 Å². The number of benzene rings is 1. The van der Waals surface area contributed by atoms with Crippen molar-refractivity contribution in [2.45, 2.75) is 58.0 Å². The second kappa shape index (κ2) is 8.95. The molecule has 0 amide bonds. The molecule has 0 aliphatic carbocycles. The van der Waals surface area contributed by atoms with Gasteiger partial charge in [0, 0.05) is 36.8 Å². The van der Waals surface area contributed by atoms with Crippen LogP contribution in [0.15, 0.2) is 30.7 Å². The summed E-state index contributed by atoms with van der Waals surface area (Å²) in [6, 6.07) is 4.74. The van der Waals surface area contributed by atoms with E-state index in [0.717, 1.165) is 68.8 Å². The molecule has 0 fully saturated rings. The number of aryl methyl sites for hydroxylation is 3. The van der Waals surface area contributed by atoms with E-state index in [1.54, 1.807) is 6.07 Å². The highest BCUT2D eigenvalue weighted by atomic mass is 35.5. The molecule has 1 atom stereocenters. The Morgan fingerprint density at radius 2 is 2.14 bits per heavy atom. The van der Waals surface area contributed by atoms with Gasteiger partial charge in [-0.1, -0.05) is 18.0 Å². The Balaban J connectivity index is 1.39. The number of aromatic nitrogens is 5. The van der Waals surface area contributed by atoms with Crippen LogP contribution in [-0.4, -0.2) is 30.9 Å². The van der Waals surface area contributed by atoms with Crippen LogP contribution in [0, 0.1) is 12.7 Å². The van der Waals surface area contributed by atoms with Crippen LogP contribution in [0.2, 0.25) is 5.02 Å². The summed E-state index contributed by atoms with van der Waals surface area (Å²) in [5, 5.41) is 8.40. The normalized spacial score (nSPS) is 16.4. The summed E-state index contributed by atoms with van der Waals surface area (Å²) in [7, 11) is 0. The Morgan fingerprint density at radius 1 is 1.24 bits per heavy atom. The monoisotopic (exact) mass is 416 g/mol. The first-order chi connectivity index (χ1) is 14.1. The lowest BCUT2D eigenvalue weighted by atomic mass is 9.93. The van der Waals surface area contributed by atoms with E-state index >= 15 is 0 Å². The molecule has 0 saturated carbocycles. The van der Waals surface area contributed by atoms with Gasteiger partial charge in [-0.15, -0.1) is 5.10 Å². The highest BCUT2D eigenvalue weighted by Gasteiger charge is 2.25. The van der Waals surface area contributed by atoms with Crippen LogP contribution in [0.25, 0.3) is 0 Å². The van der Waals surface area contributed by atoms with Gasteiger partial charge in [0.2, 0.25) is 5.95 Å². The van der Waals surface area contributed by atoms with E-state index < -0.39 is 0 Å². The summed E-state index contributed by atoms with van der Waals surface area (Å²) in [6.07, 6.45) is 9.02. The molecule has 1 N–H and O–H groups in total. The van der Waals surface area contributed by atoms with E-state index in [4.69, 9.17) is 16.6 Å². The van der Waals surface area contributed by atoms with Gasteiger partial charge in [0.25, 0.3) is 0 Å². The van der Waals surface area contributed by atoms with E-state index in [1.807, 2.05) is 24.0 Å². The van der Waals surface area contributed by atoms with Gasteiger partial charge < -0.3 is 9.88 Å². The lowest BCUT2D eigenvalue weighted by Gasteiger charge is -2.14. The molecule has 3 heterocycles. The van der Waals surface area contributed by atoms with E-state index in [2.05, 4.69) is 26.2 Å². The fraction of sp³-hybridized carbons (Fsp3) is 0.476. The fourth-order valence-electron chi connectivity index (χ4n) is 3.90. The maximum Gasteiger partial charge on any atom is 0.242 e. The lowest BCUT2D eigenvalue weighted by Crippen LogP contribution is -2.08. The topological polar surface area (TPSA) is 60.6 Å². The number of rotatable bonds is 7. The Hall–Kier alpha value is -2.41. The van der Waals surface area contributed by atoms with Crippen LogP contribution in [0.3, 0.4) is 0 Å². The smallest absolute Gasteiger partial charge is 0.242 e. The van der Waals surface area contributed by atoms with Crippen molar-refractivity contribution in [2.75, 3.05) is 11.9 Å². The predicted molar refractivity (Wildman–Crippen MR) is 112 cm³/mol. The molecule has 0 spiro atoms. The van der Waals surface area contributed by atoms with Gasteiger partial charge in [-0.25, -0.2) is 14.1 Å².